The highest BCUT2D eigenvalue weighted by Crippen LogP contribution is 2.43. The molecule has 0 bridgehead atoms. The third-order valence-electron chi connectivity index (χ3n) is 5.91. The normalized spacial score (nSPS) is 17.9. The standard InChI is InChI=1S/C23H19F2N3O/c24-17-7-3-15(4-8-17)23(16-5-9-18(25)10-6-16)12-11-19-20(13-23)26-27-22(19)21(28-29)14-1-2-14/h3-12,14,29H,1-2,13H2,(H,26,27). The minimum absolute atomic E-state index is 0.252. The molecule has 6 heteroatoms. The fourth-order valence-electron chi connectivity index (χ4n) is 4.20. The van der Waals surface area contributed by atoms with E-state index in [-0.39, 0.29) is 17.6 Å². The average molecular weight is 391 g/mol. The number of fused-ring (bicyclic) bond motifs is 1. The molecule has 0 unspecified atom stereocenters. The van der Waals surface area contributed by atoms with Gasteiger partial charge in [0.15, 0.2) is 0 Å². The van der Waals surface area contributed by atoms with Crippen molar-refractivity contribution in [1.82, 2.24) is 10.2 Å². The van der Waals surface area contributed by atoms with Crippen molar-refractivity contribution in [2.45, 2.75) is 24.7 Å². The van der Waals surface area contributed by atoms with E-state index in [0.717, 1.165) is 35.2 Å². The number of nitrogens with one attached hydrogen (secondary N) is 1. The maximum atomic E-state index is 13.6. The molecule has 2 aromatic carbocycles. The van der Waals surface area contributed by atoms with Gasteiger partial charge in [0, 0.05) is 29.0 Å². The van der Waals surface area contributed by atoms with Crippen LogP contribution in [0.3, 0.4) is 0 Å². The van der Waals surface area contributed by atoms with E-state index < -0.39 is 5.41 Å². The molecule has 0 aliphatic heterocycles. The lowest BCUT2D eigenvalue weighted by atomic mass is 9.68. The quantitative estimate of drug-likeness (QED) is 0.380. The zero-order valence-corrected chi connectivity index (χ0v) is 15.6. The first-order chi connectivity index (χ1) is 14.1. The highest BCUT2D eigenvalue weighted by atomic mass is 19.1. The second-order valence-corrected chi connectivity index (χ2v) is 7.72. The Morgan fingerprint density at radius 1 is 1.00 bits per heavy atom. The first kappa shape index (κ1) is 17.8. The van der Waals surface area contributed by atoms with Gasteiger partial charge >= 0.3 is 0 Å². The van der Waals surface area contributed by atoms with E-state index in [4.69, 9.17) is 0 Å². The Bertz CT molecular complexity index is 1060. The zero-order chi connectivity index (χ0) is 20.0. The number of rotatable bonds is 4. The molecule has 1 heterocycles. The lowest BCUT2D eigenvalue weighted by Crippen LogP contribution is -2.30. The summed E-state index contributed by atoms with van der Waals surface area (Å²) in [6, 6.07) is 12.8. The van der Waals surface area contributed by atoms with Crippen LogP contribution < -0.4 is 0 Å². The number of aromatic amines is 1. The largest absolute Gasteiger partial charge is 0.411 e. The number of allylic oxidation sites excluding steroid dienone is 1. The predicted octanol–water partition coefficient (Wildman–Crippen LogP) is 4.83. The third kappa shape index (κ3) is 2.95. The molecule has 3 aromatic rings. The Labute approximate surface area is 166 Å². The summed E-state index contributed by atoms with van der Waals surface area (Å²) in [6.07, 6.45) is 6.57. The first-order valence-corrected chi connectivity index (χ1v) is 9.61. The molecule has 2 aliphatic rings. The van der Waals surface area contributed by atoms with Crippen molar-refractivity contribution in [2.24, 2.45) is 11.1 Å². The van der Waals surface area contributed by atoms with E-state index in [1.165, 1.54) is 24.3 Å². The molecule has 5 rings (SSSR count). The summed E-state index contributed by atoms with van der Waals surface area (Å²) in [5, 5.41) is 20.5. The first-order valence-electron chi connectivity index (χ1n) is 9.61. The Balaban J connectivity index is 1.63. The molecule has 0 spiro atoms. The number of benzene rings is 2. The van der Waals surface area contributed by atoms with Gasteiger partial charge in [-0.2, -0.15) is 5.10 Å². The van der Waals surface area contributed by atoms with Gasteiger partial charge in [-0.25, -0.2) is 8.78 Å². The van der Waals surface area contributed by atoms with Gasteiger partial charge in [-0.3, -0.25) is 5.10 Å². The maximum absolute atomic E-state index is 13.6. The molecule has 146 valence electrons. The summed E-state index contributed by atoms with van der Waals surface area (Å²) in [5.74, 6) is -0.359. The molecule has 4 nitrogen and oxygen atoms in total. The molecule has 0 radical (unpaired) electrons. The predicted molar refractivity (Wildman–Crippen MR) is 106 cm³/mol. The fraction of sp³-hybridized carbons (Fsp3) is 0.217. The van der Waals surface area contributed by atoms with Gasteiger partial charge in [-0.15, -0.1) is 0 Å². The van der Waals surface area contributed by atoms with E-state index in [0.29, 0.717) is 17.8 Å². The van der Waals surface area contributed by atoms with Crippen LogP contribution in [0.5, 0.6) is 0 Å². The van der Waals surface area contributed by atoms with Gasteiger partial charge in [-0.05, 0) is 48.2 Å². The van der Waals surface area contributed by atoms with Gasteiger partial charge in [-0.1, -0.05) is 41.6 Å². The highest BCUT2D eigenvalue weighted by molar-refractivity contribution is 6.04. The number of aromatic nitrogens is 2. The number of hydrogen-bond acceptors (Lipinski definition) is 3. The molecule has 0 saturated heterocycles. The van der Waals surface area contributed by atoms with Gasteiger partial charge in [0.25, 0.3) is 0 Å². The van der Waals surface area contributed by atoms with Gasteiger partial charge in [0.2, 0.25) is 0 Å². The Morgan fingerprint density at radius 3 is 2.10 bits per heavy atom. The smallest absolute Gasteiger partial charge is 0.123 e. The number of halogens is 2. The molecule has 2 aliphatic carbocycles. The monoisotopic (exact) mass is 391 g/mol. The van der Waals surface area contributed by atoms with Crippen molar-refractivity contribution in [3.8, 4) is 0 Å². The van der Waals surface area contributed by atoms with E-state index in [1.807, 2.05) is 6.08 Å². The van der Waals surface area contributed by atoms with Crippen LogP contribution in [0.25, 0.3) is 6.08 Å². The van der Waals surface area contributed by atoms with Crippen molar-refractivity contribution in [2.75, 3.05) is 0 Å². The lowest BCUT2D eigenvalue weighted by Gasteiger charge is -2.34. The van der Waals surface area contributed by atoms with E-state index in [9.17, 15) is 14.0 Å². The van der Waals surface area contributed by atoms with Gasteiger partial charge < -0.3 is 5.21 Å². The third-order valence-corrected chi connectivity index (χ3v) is 5.91. The van der Waals surface area contributed by atoms with Crippen molar-refractivity contribution >= 4 is 11.8 Å². The van der Waals surface area contributed by atoms with Crippen molar-refractivity contribution in [3.63, 3.8) is 0 Å². The summed E-state index contributed by atoms with van der Waals surface area (Å²) >= 11 is 0. The zero-order valence-electron chi connectivity index (χ0n) is 15.6. The molecule has 0 atom stereocenters. The highest BCUT2D eigenvalue weighted by Gasteiger charge is 2.39. The van der Waals surface area contributed by atoms with Crippen LogP contribution in [0.2, 0.25) is 0 Å². The molecule has 2 N–H and O–H groups in total. The number of oxime groups is 1. The molecule has 29 heavy (non-hydrogen) atoms. The summed E-state index contributed by atoms with van der Waals surface area (Å²) in [7, 11) is 0. The molecule has 0 amide bonds. The minimum atomic E-state index is -0.589. The van der Waals surface area contributed by atoms with Crippen LogP contribution in [0.15, 0.2) is 59.8 Å². The summed E-state index contributed by atoms with van der Waals surface area (Å²) in [5.41, 5.74) is 4.32. The lowest BCUT2D eigenvalue weighted by molar-refractivity contribution is 0.317. The van der Waals surface area contributed by atoms with Crippen LogP contribution >= 0.6 is 0 Å². The Kier molecular flexibility index (Phi) is 4.08. The molecule has 1 saturated carbocycles. The molecule has 1 aromatic heterocycles. The summed E-state index contributed by atoms with van der Waals surface area (Å²) in [6.45, 7) is 0. The van der Waals surface area contributed by atoms with Crippen LogP contribution in [-0.4, -0.2) is 21.1 Å². The summed E-state index contributed by atoms with van der Waals surface area (Å²) < 4.78 is 27.1. The van der Waals surface area contributed by atoms with E-state index >= 15 is 0 Å². The van der Waals surface area contributed by atoms with E-state index in [1.54, 1.807) is 24.3 Å². The molecular formula is C23H19F2N3O. The number of nitrogens with zero attached hydrogens (tertiary/aromatic N) is 2. The second-order valence-electron chi connectivity index (χ2n) is 7.72. The van der Waals surface area contributed by atoms with Crippen LogP contribution in [0, 0.1) is 17.6 Å². The second kappa shape index (κ2) is 6.65. The van der Waals surface area contributed by atoms with Crippen molar-refractivity contribution in [3.05, 3.63) is 94.3 Å². The van der Waals surface area contributed by atoms with Gasteiger partial charge in [0.1, 0.15) is 23.0 Å². The van der Waals surface area contributed by atoms with Crippen LogP contribution in [0.4, 0.5) is 8.78 Å². The van der Waals surface area contributed by atoms with Crippen LogP contribution in [-0.2, 0) is 11.8 Å². The number of hydrogen-bond donors (Lipinski definition) is 2. The number of H-pyrrole nitrogens is 1. The topological polar surface area (TPSA) is 61.3 Å². The fourth-order valence-corrected chi connectivity index (χ4v) is 4.20. The van der Waals surface area contributed by atoms with Crippen molar-refractivity contribution < 1.29 is 14.0 Å². The van der Waals surface area contributed by atoms with Crippen molar-refractivity contribution in [1.29, 1.82) is 0 Å². The minimum Gasteiger partial charge on any atom is -0.411 e. The summed E-state index contributed by atoms with van der Waals surface area (Å²) in [4.78, 5) is 0. The maximum Gasteiger partial charge on any atom is 0.123 e. The average Bonchev–Trinajstić information content (AvgIpc) is 3.49. The molecule has 1 fully saturated rings. The molecular weight excluding hydrogens is 372 g/mol. The Morgan fingerprint density at radius 2 is 1.59 bits per heavy atom. The van der Waals surface area contributed by atoms with Crippen LogP contribution in [0.1, 0.15) is 40.9 Å². The SMILES string of the molecule is ON=C(c1n[nH]c2c1C=CC(c1ccc(F)cc1)(c1ccc(F)cc1)C2)C1CC1. The van der Waals surface area contributed by atoms with E-state index in [2.05, 4.69) is 21.4 Å². The van der Waals surface area contributed by atoms with Gasteiger partial charge in [0.05, 0.1) is 0 Å². The Hall–Kier alpha value is -3.28.